The molecule has 1 saturated carbocycles. The molecule has 5 rings (SSSR count). The van der Waals surface area contributed by atoms with Crippen LogP contribution in [0.4, 0.5) is 5.69 Å². The highest BCUT2D eigenvalue weighted by atomic mass is 32.2. The Kier molecular flexibility index (Phi) is 12.1. The van der Waals surface area contributed by atoms with E-state index in [1.165, 1.54) is 0 Å². The molecule has 1 fully saturated rings. The number of rotatable bonds is 14. The number of aryl methyl sites for hydroxylation is 2. The fraction of sp³-hybridized carbons (Fsp3) is 0.350. The molecule has 9 heteroatoms. The van der Waals surface area contributed by atoms with Gasteiger partial charge >= 0.3 is 0 Å². The van der Waals surface area contributed by atoms with E-state index in [0.29, 0.717) is 12.4 Å². The van der Waals surface area contributed by atoms with E-state index in [1.807, 2.05) is 75.4 Å². The minimum atomic E-state index is -4.24. The summed E-state index contributed by atoms with van der Waals surface area (Å²) in [6, 6.07) is 30.0. The lowest BCUT2D eigenvalue weighted by molar-refractivity contribution is -0.140. The molecule has 0 saturated heterocycles. The highest BCUT2D eigenvalue weighted by molar-refractivity contribution is 7.92. The van der Waals surface area contributed by atoms with Crippen LogP contribution in [0.15, 0.2) is 108 Å². The summed E-state index contributed by atoms with van der Waals surface area (Å²) < 4.78 is 35.9. The van der Waals surface area contributed by atoms with Crippen LogP contribution in [0, 0.1) is 13.8 Å². The maximum Gasteiger partial charge on any atom is 0.264 e. The number of ether oxygens (including phenoxy) is 1. The number of anilines is 1. The van der Waals surface area contributed by atoms with Gasteiger partial charge in [-0.25, -0.2) is 8.42 Å². The number of hydrogen-bond donors (Lipinski definition) is 1. The number of nitrogens with zero attached hydrogens (tertiary/aromatic N) is 2. The minimum Gasteiger partial charge on any atom is -0.492 e. The van der Waals surface area contributed by atoms with Crippen LogP contribution in [0.1, 0.15) is 61.3 Å². The molecule has 0 bridgehead atoms. The number of nitrogens with one attached hydrogen (secondary N) is 1. The maximum atomic E-state index is 14.8. The van der Waals surface area contributed by atoms with Gasteiger partial charge in [-0.05, 0) is 69.0 Å². The third kappa shape index (κ3) is 9.29. The van der Waals surface area contributed by atoms with Crippen molar-refractivity contribution < 1.29 is 22.7 Å². The first-order chi connectivity index (χ1) is 23.7. The molecule has 1 aliphatic rings. The zero-order chi connectivity index (χ0) is 34.8. The van der Waals surface area contributed by atoms with Crippen LogP contribution in [0.5, 0.6) is 5.75 Å². The molecule has 2 amide bonds. The second-order valence-corrected chi connectivity index (χ2v) is 14.6. The van der Waals surface area contributed by atoms with E-state index in [1.54, 1.807) is 53.4 Å². The van der Waals surface area contributed by atoms with Crippen molar-refractivity contribution in [1.29, 1.82) is 0 Å². The van der Waals surface area contributed by atoms with Crippen molar-refractivity contribution >= 4 is 27.5 Å². The summed E-state index contributed by atoms with van der Waals surface area (Å²) in [4.78, 5) is 30.8. The van der Waals surface area contributed by atoms with Crippen molar-refractivity contribution in [2.24, 2.45) is 0 Å². The van der Waals surface area contributed by atoms with Gasteiger partial charge in [0.05, 0.1) is 17.2 Å². The molecule has 49 heavy (non-hydrogen) atoms. The Morgan fingerprint density at radius 2 is 1.49 bits per heavy atom. The molecule has 4 aromatic rings. The third-order valence-corrected chi connectivity index (χ3v) is 10.8. The standard InChI is InChI=1S/C40H47N3O5S/c1-4-48-38-21-12-11-20-36(38)43(49(46,47)35-24-22-30(2)23-25-35)29-39(44)42(28-33-17-13-14-31(3)26-33)37(27-32-15-7-5-8-16-32)40(45)41-34-18-9-6-10-19-34/h5,7-8,11-17,20-26,34,37H,4,6,9-10,18-19,27-29H2,1-3H3,(H,41,45). The first kappa shape index (κ1) is 35.7. The molecule has 1 unspecified atom stereocenters. The van der Waals surface area contributed by atoms with Gasteiger partial charge in [0.25, 0.3) is 10.0 Å². The normalized spacial score (nSPS) is 14.1. The van der Waals surface area contributed by atoms with E-state index in [4.69, 9.17) is 4.74 Å². The van der Waals surface area contributed by atoms with E-state index in [2.05, 4.69) is 5.32 Å². The lowest BCUT2D eigenvalue weighted by Crippen LogP contribution is -2.55. The predicted octanol–water partition coefficient (Wildman–Crippen LogP) is 6.99. The van der Waals surface area contributed by atoms with Gasteiger partial charge in [0.1, 0.15) is 18.3 Å². The van der Waals surface area contributed by atoms with Gasteiger partial charge in [0, 0.05) is 19.0 Å². The van der Waals surface area contributed by atoms with Gasteiger partial charge in [-0.15, -0.1) is 0 Å². The van der Waals surface area contributed by atoms with Gasteiger partial charge in [-0.1, -0.05) is 109 Å². The average molecular weight is 682 g/mol. The average Bonchev–Trinajstić information content (AvgIpc) is 3.10. The van der Waals surface area contributed by atoms with Crippen molar-refractivity contribution in [2.45, 2.75) is 82.8 Å². The van der Waals surface area contributed by atoms with Crippen molar-refractivity contribution in [1.82, 2.24) is 10.2 Å². The molecular formula is C40H47N3O5S. The number of benzene rings is 4. The van der Waals surface area contributed by atoms with Gasteiger partial charge in [-0.2, -0.15) is 0 Å². The van der Waals surface area contributed by atoms with Crippen molar-refractivity contribution in [3.8, 4) is 5.75 Å². The Morgan fingerprint density at radius 1 is 0.816 bits per heavy atom. The first-order valence-corrected chi connectivity index (χ1v) is 18.6. The molecule has 0 aliphatic heterocycles. The molecule has 8 nitrogen and oxygen atoms in total. The molecule has 4 aromatic carbocycles. The Morgan fingerprint density at radius 3 is 2.18 bits per heavy atom. The lowest BCUT2D eigenvalue weighted by atomic mass is 9.94. The minimum absolute atomic E-state index is 0.0342. The number of amides is 2. The van der Waals surface area contributed by atoms with Crippen LogP contribution in [0.25, 0.3) is 0 Å². The SMILES string of the molecule is CCOc1ccccc1N(CC(=O)N(Cc1cccc(C)c1)C(Cc1ccccc1)C(=O)NC1CCCCC1)S(=O)(=O)c1ccc(C)cc1. The summed E-state index contributed by atoms with van der Waals surface area (Å²) in [5.41, 5.74) is 3.93. The topological polar surface area (TPSA) is 96.0 Å². The number of sulfonamides is 1. The van der Waals surface area contributed by atoms with Crippen LogP contribution in [-0.2, 0) is 32.6 Å². The Labute approximate surface area is 291 Å². The summed E-state index contributed by atoms with van der Waals surface area (Å²) in [5, 5.41) is 3.26. The molecule has 258 valence electrons. The third-order valence-electron chi connectivity index (χ3n) is 8.98. The van der Waals surface area contributed by atoms with Crippen LogP contribution in [-0.4, -0.2) is 50.4 Å². The van der Waals surface area contributed by atoms with Crippen LogP contribution >= 0.6 is 0 Å². The molecule has 0 spiro atoms. The Bertz CT molecular complexity index is 1810. The molecule has 1 N–H and O–H groups in total. The van der Waals surface area contributed by atoms with E-state index >= 15 is 0 Å². The summed E-state index contributed by atoms with van der Waals surface area (Å²) in [6.07, 6.45) is 5.30. The highest BCUT2D eigenvalue weighted by Gasteiger charge is 2.36. The second-order valence-electron chi connectivity index (χ2n) is 12.8. The van der Waals surface area contributed by atoms with Gasteiger partial charge in [0.15, 0.2) is 0 Å². The summed E-state index contributed by atoms with van der Waals surface area (Å²) in [7, 11) is -4.24. The number of carbonyl (C=O) groups excluding carboxylic acids is 2. The Hall–Kier alpha value is -4.63. The smallest absolute Gasteiger partial charge is 0.264 e. The maximum absolute atomic E-state index is 14.8. The van der Waals surface area contributed by atoms with E-state index < -0.39 is 28.5 Å². The second kappa shape index (κ2) is 16.7. The van der Waals surface area contributed by atoms with E-state index in [0.717, 1.165) is 58.7 Å². The number of hydrogen-bond acceptors (Lipinski definition) is 5. The van der Waals surface area contributed by atoms with Crippen molar-refractivity contribution in [3.63, 3.8) is 0 Å². The predicted molar refractivity (Wildman–Crippen MR) is 194 cm³/mol. The Balaban J connectivity index is 1.59. The fourth-order valence-corrected chi connectivity index (χ4v) is 7.82. The zero-order valence-electron chi connectivity index (χ0n) is 28.7. The number of carbonyl (C=O) groups is 2. The molecule has 1 atom stereocenters. The van der Waals surface area contributed by atoms with Crippen molar-refractivity contribution in [2.75, 3.05) is 17.5 Å². The quantitative estimate of drug-likeness (QED) is 0.155. The molecule has 1 aliphatic carbocycles. The first-order valence-electron chi connectivity index (χ1n) is 17.2. The molecule has 0 heterocycles. The van der Waals surface area contributed by atoms with Gasteiger partial charge in [0.2, 0.25) is 11.8 Å². The van der Waals surface area contributed by atoms with E-state index in [-0.39, 0.29) is 35.5 Å². The highest BCUT2D eigenvalue weighted by Crippen LogP contribution is 2.33. The van der Waals surface area contributed by atoms with Crippen LogP contribution < -0.4 is 14.4 Å². The lowest BCUT2D eigenvalue weighted by Gasteiger charge is -2.35. The van der Waals surface area contributed by atoms with Crippen LogP contribution in [0.3, 0.4) is 0 Å². The van der Waals surface area contributed by atoms with E-state index in [9.17, 15) is 18.0 Å². The zero-order valence-corrected chi connectivity index (χ0v) is 29.5. The molecule has 0 radical (unpaired) electrons. The largest absolute Gasteiger partial charge is 0.492 e. The molecular weight excluding hydrogens is 635 g/mol. The fourth-order valence-electron chi connectivity index (χ4n) is 6.40. The monoisotopic (exact) mass is 681 g/mol. The van der Waals surface area contributed by atoms with Crippen molar-refractivity contribution in [3.05, 3.63) is 125 Å². The number of para-hydroxylation sites is 2. The molecule has 0 aromatic heterocycles. The van der Waals surface area contributed by atoms with Gasteiger partial charge in [-0.3, -0.25) is 13.9 Å². The summed E-state index contributed by atoms with van der Waals surface area (Å²) in [6.45, 7) is 5.59. The van der Waals surface area contributed by atoms with Crippen LogP contribution in [0.2, 0.25) is 0 Å². The summed E-state index contributed by atoms with van der Waals surface area (Å²) in [5.74, 6) is -0.391. The van der Waals surface area contributed by atoms with Gasteiger partial charge < -0.3 is 15.0 Å². The summed E-state index contributed by atoms with van der Waals surface area (Å²) >= 11 is 0.